The fraction of sp³-hybridized carbons (Fsp3) is 0.500. The van der Waals surface area contributed by atoms with Crippen LogP contribution >= 0.6 is 0 Å². The molecule has 1 aliphatic heterocycles. The Morgan fingerprint density at radius 2 is 2.21 bits per heavy atom. The van der Waals surface area contributed by atoms with E-state index in [0.29, 0.717) is 12.2 Å². The van der Waals surface area contributed by atoms with Gasteiger partial charge in [0.15, 0.2) is 0 Å². The predicted molar refractivity (Wildman–Crippen MR) is 72.7 cm³/mol. The van der Waals surface area contributed by atoms with Crippen molar-refractivity contribution >= 4 is 17.6 Å². The van der Waals surface area contributed by atoms with Crippen LogP contribution in [0.3, 0.4) is 0 Å². The van der Waals surface area contributed by atoms with E-state index in [1.54, 1.807) is 18.1 Å². The van der Waals surface area contributed by atoms with Crippen LogP contribution in [0.1, 0.15) is 26.3 Å². The molecule has 19 heavy (non-hydrogen) atoms. The number of amides is 2. The molecular weight excluding hydrogens is 242 g/mol. The second-order valence-corrected chi connectivity index (χ2v) is 5.22. The van der Waals surface area contributed by atoms with Crippen LogP contribution in [0.2, 0.25) is 0 Å². The number of pyridine rings is 1. The summed E-state index contributed by atoms with van der Waals surface area (Å²) in [5.74, 6) is 0.520. The lowest BCUT2D eigenvalue weighted by Gasteiger charge is -2.45. The third-order valence-electron chi connectivity index (χ3n) is 4.05. The minimum absolute atomic E-state index is 0.0549. The molecule has 2 atom stereocenters. The lowest BCUT2D eigenvalue weighted by Crippen LogP contribution is -2.57. The minimum atomic E-state index is -0.642. The standard InChI is InChI=1S/C14H19N3O2/c1-9-14(3,13(19)15-4)8-11-6-5-7-16-12(11)17(9)10(2)18/h5-7,9H,8H2,1-4H3,(H,15,19)/t9-,14-/m0/s1. The van der Waals surface area contributed by atoms with E-state index < -0.39 is 5.41 Å². The van der Waals surface area contributed by atoms with Gasteiger partial charge in [-0.25, -0.2) is 4.98 Å². The molecule has 1 aromatic rings. The Bertz CT molecular complexity index is 529. The second-order valence-electron chi connectivity index (χ2n) is 5.22. The van der Waals surface area contributed by atoms with Gasteiger partial charge in [0.05, 0.1) is 11.5 Å². The highest BCUT2D eigenvalue weighted by Crippen LogP contribution is 2.40. The van der Waals surface area contributed by atoms with Crippen LogP contribution in [-0.2, 0) is 16.0 Å². The molecular formula is C14H19N3O2. The number of anilines is 1. The van der Waals surface area contributed by atoms with Crippen molar-refractivity contribution in [3.05, 3.63) is 23.9 Å². The average molecular weight is 261 g/mol. The van der Waals surface area contributed by atoms with E-state index in [9.17, 15) is 9.59 Å². The topological polar surface area (TPSA) is 62.3 Å². The third kappa shape index (κ3) is 1.99. The number of hydrogen-bond acceptors (Lipinski definition) is 3. The summed E-state index contributed by atoms with van der Waals surface area (Å²) in [6.45, 7) is 5.29. The van der Waals surface area contributed by atoms with Gasteiger partial charge < -0.3 is 5.32 Å². The Balaban J connectivity index is 2.57. The summed E-state index contributed by atoms with van der Waals surface area (Å²) in [6.07, 6.45) is 2.25. The number of fused-ring (bicyclic) bond motifs is 1. The highest BCUT2D eigenvalue weighted by molar-refractivity contribution is 5.95. The maximum Gasteiger partial charge on any atom is 0.228 e. The van der Waals surface area contributed by atoms with Crippen molar-refractivity contribution in [2.45, 2.75) is 33.2 Å². The monoisotopic (exact) mass is 261 g/mol. The molecule has 0 bridgehead atoms. The summed E-state index contributed by atoms with van der Waals surface area (Å²) in [5.41, 5.74) is 0.290. The van der Waals surface area contributed by atoms with Crippen molar-refractivity contribution in [2.75, 3.05) is 11.9 Å². The van der Waals surface area contributed by atoms with Crippen LogP contribution in [0, 0.1) is 5.41 Å². The Kier molecular flexibility index (Phi) is 3.30. The maximum absolute atomic E-state index is 12.2. The van der Waals surface area contributed by atoms with Gasteiger partial charge in [-0.15, -0.1) is 0 Å². The number of hydrogen-bond donors (Lipinski definition) is 1. The molecule has 2 heterocycles. The Morgan fingerprint density at radius 1 is 1.53 bits per heavy atom. The van der Waals surface area contributed by atoms with Gasteiger partial charge in [0.2, 0.25) is 11.8 Å². The van der Waals surface area contributed by atoms with Crippen LogP contribution in [0.4, 0.5) is 5.82 Å². The first-order valence-electron chi connectivity index (χ1n) is 6.37. The van der Waals surface area contributed by atoms with Crippen LogP contribution < -0.4 is 10.2 Å². The molecule has 5 heteroatoms. The molecule has 102 valence electrons. The smallest absolute Gasteiger partial charge is 0.228 e. The molecule has 5 nitrogen and oxygen atoms in total. The number of nitrogens with zero attached hydrogens (tertiary/aromatic N) is 2. The van der Waals surface area contributed by atoms with Crippen molar-refractivity contribution in [3.63, 3.8) is 0 Å². The van der Waals surface area contributed by atoms with Crippen molar-refractivity contribution < 1.29 is 9.59 Å². The summed E-state index contributed by atoms with van der Waals surface area (Å²) in [6, 6.07) is 3.52. The van der Waals surface area contributed by atoms with Gasteiger partial charge in [0.25, 0.3) is 0 Å². The first kappa shape index (κ1) is 13.5. The van der Waals surface area contributed by atoms with Crippen LogP contribution in [0.15, 0.2) is 18.3 Å². The van der Waals surface area contributed by atoms with Crippen LogP contribution in [0.5, 0.6) is 0 Å². The first-order valence-corrected chi connectivity index (χ1v) is 6.37. The molecule has 2 amide bonds. The number of nitrogens with one attached hydrogen (secondary N) is 1. The Morgan fingerprint density at radius 3 is 2.79 bits per heavy atom. The minimum Gasteiger partial charge on any atom is -0.359 e. The van der Waals surface area contributed by atoms with Gasteiger partial charge >= 0.3 is 0 Å². The van der Waals surface area contributed by atoms with Crippen LogP contribution in [-0.4, -0.2) is 29.9 Å². The molecule has 0 aromatic carbocycles. The molecule has 0 spiro atoms. The number of carbonyl (C=O) groups is 2. The summed E-state index contributed by atoms with van der Waals surface area (Å²) < 4.78 is 0. The second kappa shape index (κ2) is 4.64. The van der Waals surface area contributed by atoms with Gasteiger partial charge in [-0.1, -0.05) is 6.07 Å². The Hall–Kier alpha value is -1.91. The molecule has 0 unspecified atom stereocenters. The van der Waals surface area contributed by atoms with Gasteiger partial charge in [0.1, 0.15) is 5.82 Å². The fourth-order valence-electron chi connectivity index (χ4n) is 2.77. The molecule has 0 saturated carbocycles. The molecule has 1 aliphatic rings. The quantitative estimate of drug-likeness (QED) is 0.824. The zero-order valence-electron chi connectivity index (χ0n) is 11.7. The zero-order chi connectivity index (χ0) is 14.2. The molecule has 2 rings (SSSR count). The van der Waals surface area contributed by atoms with E-state index in [1.165, 1.54) is 6.92 Å². The number of carbonyl (C=O) groups excluding carboxylic acids is 2. The van der Waals surface area contributed by atoms with Gasteiger partial charge in [0, 0.05) is 20.2 Å². The zero-order valence-corrected chi connectivity index (χ0v) is 11.7. The van der Waals surface area contributed by atoms with Crippen molar-refractivity contribution in [2.24, 2.45) is 5.41 Å². The van der Waals surface area contributed by atoms with E-state index >= 15 is 0 Å². The van der Waals surface area contributed by atoms with Gasteiger partial charge in [-0.2, -0.15) is 0 Å². The van der Waals surface area contributed by atoms with E-state index in [1.807, 2.05) is 26.0 Å². The molecule has 0 saturated heterocycles. The van der Waals surface area contributed by atoms with Crippen molar-refractivity contribution in [1.82, 2.24) is 10.3 Å². The maximum atomic E-state index is 12.2. The lowest BCUT2D eigenvalue weighted by atomic mass is 9.73. The lowest BCUT2D eigenvalue weighted by molar-refractivity contribution is -0.131. The molecule has 0 aliphatic carbocycles. The van der Waals surface area contributed by atoms with E-state index in [2.05, 4.69) is 10.3 Å². The highest BCUT2D eigenvalue weighted by atomic mass is 16.2. The van der Waals surface area contributed by atoms with Crippen molar-refractivity contribution in [3.8, 4) is 0 Å². The highest BCUT2D eigenvalue weighted by Gasteiger charge is 2.47. The van der Waals surface area contributed by atoms with E-state index in [0.717, 1.165) is 5.56 Å². The molecule has 0 radical (unpaired) electrons. The van der Waals surface area contributed by atoms with Crippen LogP contribution in [0.25, 0.3) is 0 Å². The Labute approximate surface area is 113 Å². The summed E-state index contributed by atoms with van der Waals surface area (Å²) in [7, 11) is 1.62. The molecule has 0 fully saturated rings. The van der Waals surface area contributed by atoms with E-state index in [4.69, 9.17) is 0 Å². The van der Waals surface area contributed by atoms with Gasteiger partial charge in [-0.3, -0.25) is 14.5 Å². The number of aromatic nitrogens is 1. The summed E-state index contributed by atoms with van der Waals surface area (Å²) >= 11 is 0. The first-order chi connectivity index (χ1) is 8.91. The average Bonchev–Trinajstić information content (AvgIpc) is 2.38. The van der Waals surface area contributed by atoms with Crippen molar-refractivity contribution in [1.29, 1.82) is 0 Å². The summed E-state index contributed by atoms with van der Waals surface area (Å²) in [5, 5.41) is 2.70. The molecule has 1 N–H and O–H groups in total. The molecule has 1 aromatic heterocycles. The third-order valence-corrected chi connectivity index (χ3v) is 4.05. The van der Waals surface area contributed by atoms with E-state index in [-0.39, 0.29) is 17.9 Å². The summed E-state index contributed by atoms with van der Waals surface area (Å²) in [4.78, 5) is 30.0. The fourth-order valence-corrected chi connectivity index (χ4v) is 2.77. The largest absolute Gasteiger partial charge is 0.359 e. The normalized spacial score (nSPS) is 25.7. The number of rotatable bonds is 1. The van der Waals surface area contributed by atoms with Gasteiger partial charge in [-0.05, 0) is 31.9 Å². The predicted octanol–water partition coefficient (Wildman–Crippen LogP) is 1.13. The SMILES string of the molecule is CNC(=O)[C@@]1(C)Cc2cccnc2N(C(C)=O)[C@H]1C.